The van der Waals surface area contributed by atoms with Crippen molar-refractivity contribution in [1.82, 2.24) is 4.90 Å². The minimum absolute atomic E-state index is 0.0492. The Morgan fingerprint density at radius 3 is 2.93 bits per heavy atom. The zero-order valence-corrected chi connectivity index (χ0v) is 8.67. The minimum Gasteiger partial charge on any atom is -0.395 e. The fraction of sp³-hybridized carbons (Fsp3) is 0.500. The number of hydrogen-bond acceptors (Lipinski definition) is 3. The monoisotopic (exact) mass is 211 g/mol. The summed E-state index contributed by atoms with van der Waals surface area (Å²) in [4.78, 5) is 14.5. The molecule has 1 N–H and O–H groups in total. The number of carbonyl (C=O) groups excluding carboxylic acids is 1. The summed E-state index contributed by atoms with van der Waals surface area (Å²) in [6.45, 7) is 0.509. The average molecular weight is 211 g/mol. The van der Waals surface area contributed by atoms with E-state index < -0.39 is 0 Å². The minimum atomic E-state index is 0.0492. The second kappa shape index (κ2) is 4.11. The maximum absolute atomic E-state index is 11.9. The molecule has 0 unspecified atom stereocenters. The van der Waals surface area contributed by atoms with Crippen LogP contribution in [0, 0.1) is 0 Å². The highest BCUT2D eigenvalue weighted by Crippen LogP contribution is 2.28. The largest absolute Gasteiger partial charge is 0.395 e. The lowest BCUT2D eigenvalue weighted by atomic mass is 10.3. The SMILES string of the molecule is O=C(c1cccs1)N(CCO)C1CC1. The van der Waals surface area contributed by atoms with Crippen LogP contribution in [0.5, 0.6) is 0 Å². The number of thiophene rings is 1. The van der Waals surface area contributed by atoms with Gasteiger partial charge in [0.2, 0.25) is 0 Å². The van der Waals surface area contributed by atoms with Crippen LogP contribution in [0.25, 0.3) is 0 Å². The Bertz CT molecular complexity index is 306. The van der Waals surface area contributed by atoms with Crippen LogP contribution in [0.1, 0.15) is 22.5 Å². The quantitative estimate of drug-likeness (QED) is 0.816. The topological polar surface area (TPSA) is 40.5 Å². The van der Waals surface area contributed by atoms with E-state index in [-0.39, 0.29) is 12.5 Å². The fourth-order valence-corrected chi connectivity index (χ4v) is 2.16. The van der Waals surface area contributed by atoms with Crippen LogP contribution in [0.4, 0.5) is 0 Å². The number of nitrogens with zero attached hydrogens (tertiary/aromatic N) is 1. The maximum Gasteiger partial charge on any atom is 0.264 e. The Morgan fingerprint density at radius 2 is 2.43 bits per heavy atom. The summed E-state index contributed by atoms with van der Waals surface area (Å²) in [6.07, 6.45) is 2.16. The molecule has 0 radical (unpaired) electrons. The molecule has 1 heterocycles. The lowest BCUT2D eigenvalue weighted by molar-refractivity contribution is 0.0712. The number of aliphatic hydroxyl groups is 1. The molecule has 3 nitrogen and oxygen atoms in total. The fourth-order valence-electron chi connectivity index (χ4n) is 1.49. The van der Waals surface area contributed by atoms with E-state index in [1.54, 1.807) is 4.90 Å². The van der Waals surface area contributed by atoms with Gasteiger partial charge in [0.25, 0.3) is 5.91 Å². The van der Waals surface area contributed by atoms with Crippen LogP contribution in [0.2, 0.25) is 0 Å². The van der Waals surface area contributed by atoms with Crippen LogP contribution in [-0.4, -0.2) is 35.1 Å². The van der Waals surface area contributed by atoms with Gasteiger partial charge >= 0.3 is 0 Å². The van der Waals surface area contributed by atoms with Gasteiger partial charge in [-0.1, -0.05) is 6.07 Å². The van der Waals surface area contributed by atoms with Gasteiger partial charge in [0.15, 0.2) is 0 Å². The van der Waals surface area contributed by atoms with Crippen molar-refractivity contribution in [3.05, 3.63) is 22.4 Å². The number of aliphatic hydroxyl groups excluding tert-OH is 1. The van der Waals surface area contributed by atoms with Gasteiger partial charge < -0.3 is 10.0 Å². The summed E-state index contributed by atoms with van der Waals surface area (Å²) in [5, 5.41) is 10.8. The van der Waals surface area contributed by atoms with Crippen molar-refractivity contribution in [2.75, 3.05) is 13.2 Å². The first-order valence-corrected chi connectivity index (χ1v) is 5.66. The lowest BCUT2D eigenvalue weighted by Crippen LogP contribution is -2.34. The molecule has 1 aliphatic rings. The number of amides is 1. The summed E-state index contributed by atoms with van der Waals surface area (Å²) >= 11 is 1.46. The summed E-state index contributed by atoms with van der Waals surface area (Å²) in [7, 11) is 0. The lowest BCUT2D eigenvalue weighted by Gasteiger charge is -2.20. The molecule has 1 aliphatic carbocycles. The molecule has 0 saturated heterocycles. The van der Waals surface area contributed by atoms with Gasteiger partial charge in [0.1, 0.15) is 0 Å². The van der Waals surface area contributed by atoms with E-state index in [1.165, 1.54) is 11.3 Å². The van der Waals surface area contributed by atoms with Gasteiger partial charge in [-0.15, -0.1) is 11.3 Å². The van der Waals surface area contributed by atoms with Crippen LogP contribution in [0.3, 0.4) is 0 Å². The molecule has 14 heavy (non-hydrogen) atoms. The smallest absolute Gasteiger partial charge is 0.264 e. The summed E-state index contributed by atoms with van der Waals surface area (Å²) < 4.78 is 0. The highest BCUT2D eigenvalue weighted by atomic mass is 32.1. The molecular weight excluding hydrogens is 198 g/mol. The molecule has 0 bridgehead atoms. The number of rotatable bonds is 4. The van der Waals surface area contributed by atoms with E-state index in [0.29, 0.717) is 12.6 Å². The normalized spacial score (nSPS) is 15.5. The third-order valence-electron chi connectivity index (χ3n) is 2.32. The third kappa shape index (κ3) is 1.96. The van der Waals surface area contributed by atoms with Gasteiger partial charge in [-0.2, -0.15) is 0 Å². The number of carbonyl (C=O) groups is 1. The van der Waals surface area contributed by atoms with E-state index in [2.05, 4.69) is 0 Å². The zero-order valence-electron chi connectivity index (χ0n) is 7.85. The predicted octanol–water partition coefficient (Wildman–Crippen LogP) is 1.34. The summed E-state index contributed by atoms with van der Waals surface area (Å²) in [5.74, 6) is 0.0663. The molecule has 0 aromatic carbocycles. The van der Waals surface area contributed by atoms with Crippen molar-refractivity contribution >= 4 is 17.2 Å². The van der Waals surface area contributed by atoms with Crippen molar-refractivity contribution in [2.24, 2.45) is 0 Å². The van der Waals surface area contributed by atoms with Crippen molar-refractivity contribution in [3.63, 3.8) is 0 Å². The molecule has 1 aromatic heterocycles. The standard InChI is InChI=1S/C10H13NO2S/c12-6-5-11(8-3-4-8)10(13)9-2-1-7-14-9/h1-2,7-8,12H,3-6H2. The zero-order chi connectivity index (χ0) is 9.97. The molecule has 0 atom stereocenters. The molecule has 1 aromatic rings. The summed E-state index contributed by atoms with van der Waals surface area (Å²) in [6, 6.07) is 4.08. The Morgan fingerprint density at radius 1 is 1.64 bits per heavy atom. The highest BCUT2D eigenvalue weighted by molar-refractivity contribution is 7.12. The van der Waals surface area contributed by atoms with E-state index >= 15 is 0 Å². The van der Waals surface area contributed by atoms with Gasteiger partial charge in [-0.05, 0) is 24.3 Å². The molecule has 1 fully saturated rings. The third-order valence-corrected chi connectivity index (χ3v) is 3.18. The van der Waals surface area contributed by atoms with Crippen molar-refractivity contribution in [2.45, 2.75) is 18.9 Å². The van der Waals surface area contributed by atoms with Gasteiger partial charge in [-0.3, -0.25) is 4.79 Å². The predicted molar refractivity (Wildman–Crippen MR) is 55.5 cm³/mol. The van der Waals surface area contributed by atoms with Crippen LogP contribution in [0.15, 0.2) is 17.5 Å². The van der Waals surface area contributed by atoms with Crippen LogP contribution >= 0.6 is 11.3 Å². The van der Waals surface area contributed by atoms with Gasteiger partial charge in [0.05, 0.1) is 11.5 Å². The van der Waals surface area contributed by atoms with Gasteiger partial charge in [-0.25, -0.2) is 0 Å². The summed E-state index contributed by atoms with van der Waals surface area (Å²) in [5.41, 5.74) is 0. The van der Waals surface area contributed by atoms with Crippen LogP contribution in [-0.2, 0) is 0 Å². The van der Waals surface area contributed by atoms with E-state index in [4.69, 9.17) is 5.11 Å². The molecule has 2 rings (SSSR count). The van der Waals surface area contributed by atoms with E-state index in [0.717, 1.165) is 17.7 Å². The Labute approximate surface area is 87.0 Å². The van der Waals surface area contributed by atoms with Crippen molar-refractivity contribution < 1.29 is 9.90 Å². The highest BCUT2D eigenvalue weighted by Gasteiger charge is 2.32. The van der Waals surface area contributed by atoms with Gasteiger partial charge in [0, 0.05) is 12.6 Å². The number of hydrogen-bond donors (Lipinski definition) is 1. The molecule has 76 valence electrons. The second-order valence-electron chi connectivity index (χ2n) is 3.43. The molecule has 4 heteroatoms. The van der Waals surface area contributed by atoms with Crippen LogP contribution < -0.4 is 0 Å². The Kier molecular flexibility index (Phi) is 2.84. The molecule has 0 aliphatic heterocycles. The van der Waals surface area contributed by atoms with E-state index in [9.17, 15) is 4.79 Å². The molecule has 1 saturated carbocycles. The first kappa shape index (κ1) is 9.68. The first-order valence-electron chi connectivity index (χ1n) is 4.78. The van der Waals surface area contributed by atoms with E-state index in [1.807, 2.05) is 17.5 Å². The first-order chi connectivity index (χ1) is 6.83. The molecular formula is C10H13NO2S. The Hall–Kier alpha value is -0.870. The second-order valence-corrected chi connectivity index (χ2v) is 4.38. The Balaban J connectivity index is 2.07. The molecule has 0 spiro atoms. The van der Waals surface area contributed by atoms with Crippen molar-refractivity contribution in [3.8, 4) is 0 Å². The van der Waals surface area contributed by atoms with Crippen molar-refractivity contribution in [1.29, 1.82) is 0 Å². The maximum atomic E-state index is 11.9. The molecule has 1 amide bonds. The average Bonchev–Trinajstić information content (AvgIpc) is 2.88.